The van der Waals surface area contributed by atoms with E-state index >= 15 is 0 Å². The average molecular weight is 563 g/mol. The first-order valence-electron chi connectivity index (χ1n) is 13.8. The van der Waals surface area contributed by atoms with Crippen LogP contribution < -0.4 is 5.32 Å². The summed E-state index contributed by atoms with van der Waals surface area (Å²) < 4.78 is 41.3. The molecule has 0 spiro atoms. The molecule has 0 bridgehead atoms. The Morgan fingerprint density at radius 1 is 0.976 bits per heavy atom. The highest BCUT2D eigenvalue weighted by Gasteiger charge is 2.69. The molecule has 0 saturated heterocycles. The standard InChI is InChI=1S/C32H29F3N2O4/c33-32(34,35)31(12-13-31)30(41)37-14-11-24-23(20-7-4-8-21(15-20)29(39)40)10-9-22(27(24)18-37)17-36-28(38)26-16-25(26)19-5-2-1-3-6-19/h1-10,15,25-26H,11-14,16-18H2,(H,36,38)(H,39,40)/t25-,26-/m0/s1. The van der Waals surface area contributed by atoms with E-state index in [1.54, 1.807) is 18.2 Å². The molecule has 2 atom stereocenters. The third-order valence-electron chi connectivity index (χ3n) is 8.73. The van der Waals surface area contributed by atoms with Crippen LogP contribution in [-0.4, -0.2) is 40.5 Å². The third-order valence-corrected chi connectivity index (χ3v) is 8.73. The van der Waals surface area contributed by atoms with E-state index in [4.69, 9.17) is 0 Å². The van der Waals surface area contributed by atoms with E-state index in [1.165, 1.54) is 11.0 Å². The predicted molar refractivity (Wildman–Crippen MR) is 145 cm³/mol. The van der Waals surface area contributed by atoms with Crippen molar-refractivity contribution in [3.8, 4) is 11.1 Å². The number of hydrogen-bond donors (Lipinski definition) is 2. The van der Waals surface area contributed by atoms with E-state index in [0.717, 1.165) is 28.7 Å². The van der Waals surface area contributed by atoms with Gasteiger partial charge in [0.1, 0.15) is 5.41 Å². The third kappa shape index (κ3) is 4.98. The quantitative estimate of drug-likeness (QED) is 0.387. The number of carbonyl (C=O) groups excluding carboxylic acids is 2. The second-order valence-corrected chi connectivity index (χ2v) is 11.2. The van der Waals surface area contributed by atoms with Crippen LogP contribution in [0, 0.1) is 11.3 Å². The van der Waals surface area contributed by atoms with Crippen molar-refractivity contribution in [3.05, 3.63) is 94.5 Å². The van der Waals surface area contributed by atoms with E-state index in [0.29, 0.717) is 17.5 Å². The molecule has 1 aliphatic heterocycles. The fourth-order valence-corrected chi connectivity index (χ4v) is 6.08. The average Bonchev–Trinajstić information content (AvgIpc) is 3.89. The summed E-state index contributed by atoms with van der Waals surface area (Å²) in [5, 5.41) is 12.5. The lowest BCUT2D eigenvalue weighted by atomic mass is 9.86. The number of rotatable bonds is 7. The van der Waals surface area contributed by atoms with Crippen LogP contribution >= 0.6 is 0 Å². The van der Waals surface area contributed by atoms with Crippen LogP contribution in [0.25, 0.3) is 11.1 Å². The maximum atomic E-state index is 13.8. The Morgan fingerprint density at radius 2 is 1.73 bits per heavy atom. The van der Waals surface area contributed by atoms with Gasteiger partial charge >= 0.3 is 12.1 Å². The number of halogens is 3. The van der Waals surface area contributed by atoms with Crippen molar-refractivity contribution in [2.24, 2.45) is 11.3 Å². The van der Waals surface area contributed by atoms with Crippen LogP contribution in [-0.2, 0) is 29.1 Å². The second kappa shape index (κ2) is 10.0. The van der Waals surface area contributed by atoms with E-state index in [-0.39, 0.29) is 55.8 Å². The van der Waals surface area contributed by atoms with Gasteiger partial charge in [0.05, 0.1) is 5.56 Å². The first-order chi connectivity index (χ1) is 19.6. The summed E-state index contributed by atoms with van der Waals surface area (Å²) in [6.45, 7) is 0.312. The zero-order valence-electron chi connectivity index (χ0n) is 22.2. The van der Waals surface area contributed by atoms with Gasteiger partial charge in [-0.3, -0.25) is 9.59 Å². The molecule has 6 nitrogen and oxygen atoms in total. The number of nitrogens with zero attached hydrogens (tertiary/aromatic N) is 1. The Hall–Kier alpha value is -4.14. The smallest absolute Gasteiger partial charge is 0.403 e. The molecule has 3 aromatic rings. The molecule has 1 heterocycles. The van der Waals surface area contributed by atoms with Gasteiger partial charge < -0.3 is 15.3 Å². The number of amides is 2. The number of alkyl halides is 3. The number of benzene rings is 3. The first-order valence-corrected chi connectivity index (χ1v) is 13.8. The fourth-order valence-electron chi connectivity index (χ4n) is 6.08. The Kier molecular flexibility index (Phi) is 6.63. The van der Waals surface area contributed by atoms with Crippen LogP contribution in [0.2, 0.25) is 0 Å². The number of aromatic carboxylic acids is 1. The Bertz CT molecular complexity index is 1530. The first kappa shape index (κ1) is 27.1. The number of carboxylic acid groups (broad SMARTS) is 1. The van der Waals surface area contributed by atoms with E-state index < -0.39 is 23.5 Å². The van der Waals surface area contributed by atoms with Gasteiger partial charge in [-0.15, -0.1) is 0 Å². The summed E-state index contributed by atoms with van der Waals surface area (Å²) in [4.78, 5) is 39.0. The van der Waals surface area contributed by atoms with Gasteiger partial charge in [-0.25, -0.2) is 4.79 Å². The van der Waals surface area contributed by atoms with Crippen LogP contribution in [0.1, 0.15) is 57.8 Å². The number of hydrogen-bond acceptors (Lipinski definition) is 3. The molecule has 2 fully saturated rings. The molecule has 9 heteroatoms. The topological polar surface area (TPSA) is 86.7 Å². The predicted octanol–water partition coefficient (Wildman–Crippen LogP) is 5.70. The van der Waals surface area contributed by atoms with Gasteiger partial charge in [0.25, 0.3) is 0 Å². The highest BCUT2D eigenvalue weighted by atomic mass is 19.4. The monoisotopic (exact) mass is 562 g/mol. The van der Waals surface area contributed by atoms with Gasteiger partial charge in [-0.1, -0.05) is 54.6 Å². The lowest BCUT2D eigenvalue weighted by Crippen LogP contribution is -2.46. The van der Waals surface area contributed by atoms with Gasteiger partial charge in [0.2, 0.25) is 11.8 Å². The maximum absolute atomic E-state index is 13.8. The molecule has 2 amide bonds. The lowest BCUT2D eigenvalue weighted by Gasteiger charge is -2.35. The summed E-state index contributed by atoms with van der Waals surface area (Å²) in [5.74, 6) is -2.01. The minimum absolute atomic E-state index is 0.000267. The Balaban J connectivity index is 1.28. The van der Waals surface area contributed by atoms with Gasteiger partial charge in [-0.2, -0.15) is 13.2 Å². The zero-order chi connectivity index (χ0) is 28.9. The minimum atomic E-state index is -4.60. The molecular weight excluding hydrogens is 533 g/mol. The summed E-state index contributed by atoms with van der Waals surface area (Å²) in [7, 11) is 0. The van der Waals surface area contributed by atoms with Crippen molar-refractivity contribution in [1.29, 1.82) is 0 Å². The molecule has 2 N–H and O–H groups in total. The molecule has 3 aliphatic rings. The number of nitrogens with one attached hydrogen (secondary N) is 1. The maximum Gasteiger partial charge on any atom is 0.403 e. The molecule has 0 unspecified atom stereocenters. The molecule has 2 saturated carbocycles. The van der Waals surface area contributed by atoms with Gasteiger partial charge in [0, 0.05) is 25.6 Å². The summed E-state index contributed by atoms with van der Waals surface area (Å²) in [6.07, 6.45) is -3.92. The summed E-state index contributed by atoms with van der Waals surface area (Å²) in [6, 6.07) is 20.0. The molecule has 41 heavy (non-hydrogen) atoms. The summed E-state index contributed by atoms with van der Waals surface area (Å²) in [5.41, 5.74) is 2.68. The minimum Gasteiger partial charge on any atom is -0.478 e. The second-order valence-electron chi connectivity index (χ2n) is 11.2. The van der Waals surface area contributed by atoms with Crippen LogP contribution in [0.3, 0.4) is 0 Å². The largest absolute Gasteiger partial charge is 0.478 e. The van der Waals surface area contributed by atoms with Crippen molar-refractivity contribution in [2.45, 2.75) is 50.9 Å². The SMILES string of the molecule is O=C(O)c1cccc(-c2ccc(CNC(=O)[C@H]3C[C@H]3c3ccccc3)c3c2CCN(C(=O)C2(C(F)(F)F)CC2)C3)c1. The number of carbonyl (C=O) groups is 3. The van der Waals surface area contributed by atoms with Crippen LogP contribution in [0.4, 0.5) is 13.2 Å². The zero-order valence-corrected chi connectivity index (χ0v) is 22.2. The molecule has 6 rings (SSSR count). The number of fused-ring (bicyclic) bond motifs is 1. The van der Waals surface area contributed by atoms with E-state index in [1.807, 2.05) is 42.5 Å². The summed E-state index contributed by atoms with van der Waals surface area (Å²) >= 11 is 0. The molecular formula is C32H29F3N2O4. The molecule has 3 aromatic carbocycles. The van der Waals surface area contributed by atoms with Crippen molar-refractivity contribution < 1.29 is 32.7 Å². The van der Waals surface area contributed by atoms with Crippen molar-refractivity contribution in [3.63, 3.8) is 0 Å². The molecule has 2 aliphatic carbocycles. The Morgan fingerprint density at radius 3 is 2.41 bits per heavy atom. The lowest BCUT2D eigenvalue weighted by molar-refractivity contribution is -0.199. The van der Waals surface area contributed by atoms with Crippen LogP contribution in [0.15, 0.2) is 66.7 Å². The normalized spacial score (nSPS) is 20.6. The fraction of sp³-hybridized carbons (Fsp3) is 0.344. The number of carboxylic acids is 1. The Labute approximate surface area is 235 Å². The van der Waals surface area contributed by atoms with E-state index in [2.05, 4.69) is 5.32 Å². The van der Waals surface area contributed by atoms with Crippen LogP contribution in [0.5, 0.6) is 0 Å². The highest BCUT2D eigenvalue weighted by molar-refractivity contribution is 5.90. The molecule has 0 aromatic heterocycles. The van der Waals surface area contributed by atoms with Crippen molar-refractivity contribution in [2.75, 3.05) is 6.54 Å². The molecule has 212 valence electrons. The molecule has 0 radical (unpaired) electrons. The van der Waals surface area contributed by atoms with E-state index in [9.17, 15) is 32.7 Å². The van der Waals surface area contributed by atoms with Gasteiger partial charge in [0.15, 0.2) is 0 Å². The van der Waals surface area contributed by atoms with Gasteiger partial charge in [-0.05, 0) is 77.1 Å². The highest BCUT2D eigenvalue weighted by Crippen LogP contribution is 2.59. The van der Waals surface area contributed by atoms with Crippen molar-refractivity contribution >= 4 is 17.8 Å². The van der Waals surface area contributed by atoms with Crippen molar-refractivity contribution in [1.82, 2.24) is 10.2 Å².